The Labute approximate surface area is 217 Å². The van der Waals surface area contributed by atoms with Crippen molar-refractivity contribution in [3.8, 4) is 11.5 Å². The number of carbonyl (C=O) groups excluding carboxylic acids is 1. The maximum absolute atomic E-state index is 12.2. The molecular formula is C26H25BrN4O5. The number of hydrazone groups is 1. The van der Waals surface area contributed by atoms with E-state index in [1.807, 2.05) is 25.1 Å². The molecule has 0 spiro atoms. The van der Waals surface area contributed by atoms with E-state index in [1.165, 1.54) is 25.5 Å². The number of non-ortho nitro benzene ring substituents is 1. The summed E-state index contributed by atoms with van der Waals surface area (Å²) in [6, 6.07) is 14.8. The van der Waals surface area contributed by atoms with Gasteiger partial charge in [-0.2, -0.15) is 5.10 Å². The third-order valence-corrected chi connectivity index (χ3v) is 5.93. The summed E-state index contributed by atoms with van der Waals surface area (Å²) in [7, 11) is 1.51. The molecule has 0 aromatic heterocycles. The molecule has 0 aliphatic heterocycles. The number of nitro groups is 1. The maximum Gasteiger partial charge on any atom is 0.339 e. The van der Waals surface area contributed by atoms with Crippen molar-refractivity contribution in [2.75, 3.05) is 12.4 Å². The molecule has 0 heterocycles. The molecule has 36 heavy (non-hydrogen) atoms. The standard InChI is InChI=1S/C26H25BrN4O5/c1-4-6-20-12-19(15-28-30-26(32)29-21-9-10-23(27)17(2)11-21)14-24(35-3)25(20)36-16-18-7-5-8-22(13-18)31(33)34/h4-5,7-15H,1,6,16H2,2-3H3,(H2,29,30,32)/b28-15+. The fourth-order valence-electron chi connectivity index (χ4n) is 3.34. The van der Waals surface area contributed by atoms with E-state index in [0.717, 1.165) is 15.6 Å². The smallest absolute Gasteiger partial charge is 0.339 e. The van der Waals surface area contributed by atoms with Crippen LogP contribution in [0, 0.1) is 17.0 Å². The lowest BCUT2D eigenvalue weighted by atomic mass is 10.1. The first-order valence-electron chi connectivity index (χ1n) is 10.8. The van der Waals surface area contributed by atoms with Crippen LogP contribution in [0.3, 0.4) is 0 Å². The summed E-state index contributed by atoms with van der Waals surface area (Å²) in [5, 5.41) is 17.8. The molecule has 0 aliphatic carbocycles. The van der Waals surface area contributed by atoms with Crippen LogP contribution >= 0.6 is 15.9 Å². The Hall–Kier alpha value is -4.18. The van der Waals surface area contributed by atoms with Crippen LogP contribution in [0.1, 0.15) is 22.3 Å². The third kappa shape index (κ3) is 7.16. The summed E-state index contributed by atoms with van der Waals surface area (Å²) in [6.45, 7) is 5.84. The second-order valence-electron chi connectivity index (χ2n) is 7.71. The van der Waals surface area contributed by atoms with E-state index in [9.17, 15) is 14.9 Å². The quantitative estimate of drug-likeness (QED) is 0.136. The van der Waals surface area contributed by atoms with E-state index in [1.54, 1.807) is 30.3 Å². The van der Waals surface area contributed by atoms with E-state index < -0.39 is 11.0 Å². The van der Waals surface area contributed by atoms with Gasteiger partial charge in [0, 0.05) is 27.9 Å². The number of carbonyl (C=O) groups is 1. The van der Waals surface area contributed by atoms with Crippen molar-refractivity contribution < 1.29 is 19.2 Å². The Morgan fingerprint density at radius 1 is 1.22 bits per heavy atom. The zero-order valence-electron chi connectivity index (χ0n) is 19.8. The van der Waals surface area contributed by atoms with Gasteiger partial charge in [-0.15, -0.1) is 6.58 Å². The van der Waals surface area contributed by atoms with Gasteiger partial charge >= 0.3 is 6.03 Å². The lowest BCUT2D eigenvalue weighted by Crippen LogP contribution is -2.24. The summed E-state index contributed by atoms with van der Waals surface area (Å²) >= 11 is 3.42. The van der Waals surface area contributed by atoms with Crippen LogP contribution in [0.25, 0.3) is 0 Å². The molecule has 0 aliphatic rings. The molecule has 0 saturated heterocycles. The first-order chi connectivity index (χ1) is 17.3. The minimum Gasteiger partial charge on any atom is -0.493 e. The van der Waals surface area contributed by atoms with Gasteiger partial charge in [-0.05, 0) is 60.4 Å². The maximum atomic E-state index is 12.2. The highest BCUT2D eigenvalue weighted by molar-refractivity contribution is 9.10. The molecule has 0 radical (unpaired) electrons. The van der Waals surface area contributed by atoms with Gasteiger partial charge in [0.05, 0.1) is 18.2 Å². The topological polar surface area (TPSA) is 115 Å². The summed E-state index contributed by atoms with van der Waals surface area (Å²) in [5.74, 6) is 0.952. The van der Waals surface area contributed by atoms with Crippen LogP contribution in [0.5, 0.6) is 11.5 Å². The van der Waals surface area contributed by atoms with E-state index in [0.29, 0.717) is 34.7 Å². The normalized spacial score (nSPS) is 10.6. The lowest BCUT2D eigenvalue weighted by molar-refractivity contribution is -0.384. The SMILES string of the molecule is C=CCc1cc(/C=N/NC(=O)Nc2ccc(Br)c(C)c2)cc(OC)c1OCc1cccc([N+](=O)[O-])c1. The molecule has 3 rings (SSSR count). The number of nitrogens with one attached hydrogen (secondary N) is 2. The van der Waals surface area contributed by atoms with Crippen molar-refractivity contribution in [2.24, 2.45) is 5.10 Å². The average Bonchev–Trinajstić information content (AvgIpc) is 2.85. The lowest BCUT2D eigenvalue weighted by Gasteiger charge is -2.16. The van der Waals surface area contributed by atoms with Gasteiger partial charge in [-0.25, -0.2) is 10.2 Å². The van der Waals surface area contributed by atoms with E-state index in [-0.39, 0.29) is 12.3 Å². The van der Waals surface area contributed by atoms with Crippen molar-refractivity contribution in [2.45, 2.75) is 20.0 Å². The van der Waals surface area contributed by atoms with Crippen LogP contribution in [0.4, 0.5) is 16.2 Å². The zero-order valence-corrected chi connectivity index (χ0v) is 21.4. The third-order valence-electron chi connectivity index (χ3n) is 5.04. The summed E-state index contributed by atoms with van der Waals surface area (Å²) in [6.07, 6.45) is 3.70. The zero-order chi connectivity index (χ0) is 26.1. The molecule has 0 fully saturated rings. The van der Waals surface area contributed by atoms with Gasteiger partial charge in [0.2, 0.25) is 0 Å². The number of hydrogen-bond acceptors (Lipinski definition) is 6. The van der Waals surface area contributed by atoms with Crippen LogP contribution < -0.4 is 20.2 Å². The van der Waals surface area contributed by atoms with Crippen LogP contribution in [-0.2, 0) is 13.0 Å². The molecule has 186 valence electrons. The number of hydrogen-bond donors (Lipinski definition) is 2. The van der Waals surface area contributed by atoms with Crippen molar-refractivity contribution in [1.82, 2.24) is 5.43 Å². The van der Waals surface area contributed by atoms with Gasteiger partial charge in [0.15, 0.2) is 11.5 Å². The Kier molecular flexibility index (Phi) is 9.18. The largest absolute Gasteiger partial charge is 0.493 e. The van der Waals surface area contributed by atoms with Gasteiger partial charge in [-0.3, -0.25) is 10.1 Å². The van der Waals surface area contributed by atoms with Crippen LogP contribution in [0.2, 0.25) is 0 Å². The predicted molar refractivity (Wildman–Crippen MR) is 143 cm³/mol. The minimum atomic E-state index is -0.483. The summed E-state index contributed by atoms with van der Waals surface area (Å²) in [5.41, 5.74) is 6.17. The van der Waals surface area contributed by atoms with Crippen molar-refractivity contribution in [1.29, 1.82) is 0 Å². The molecule has 0 unspecified atom stereocenters. The molecule has 0 saturated carbocycles. The molecule has 0 atom stereocenters. The monoisotopic (exact) mass is 552 g/mol. The van der Waals surface area contributed by atoms with E-state index in [4.69, 9.17) is 9.47 Å². The highest BCUT2D eigenvalue weighted by Gasteiger charge is 2.14. The molecule has 2 N–H and O–H groups in total. The van der Waals surface area contributed by atoms with Crippen LogP contribution in [0.15, 0.2) is 76.8 Å². The van der Waals surface area contributed by atoms with Crippen LogP contribution in [-0.4, -0.2) is 24.3 Å². The molecule has 9 nitrogen and oxygen atoms in total. The molecular weight excluding hydrogens is 528 g/mol. The second-order valence-corrected chi connectivity index (χ2v) is 8.56. The number of nitro benzene ring substituents is 1. The number of anilines is 1. The molecule has 0 bridgehead atoms. The second kappa shape index (κ2) is 12.5. The number of allylic oxidation sites excluding steroid dienone is 1. The number of ether oxygens (including phenoxy) is 2. The Bertz CT molecular complexity index is 1310. The van der Waals surface area contributed by atoms with Gasteiger partial charge in [0.1, 0.15) is 6.61 Å². The first kappa shape index (κ1) is 26.4. The number of benzene rings is 3. The van der Waals surface area contributed by atoms with Gasteiger partial charge in [0.25, 0.3) is 5.69 Å². The van der Waals surface area contributed by atoms with Crippen molar-refractivity contribution in [3.63, 3.8) is 0 Å². The van der Waals surface area contributed by atoms with Crippen molar-refractivity contribution >= 4 is 39.6 Å². The number of methoxy groups -OCH3 is 1. The molecule has 2 amide bonds. The molecule has 10 heteroatoms. The van der Waals surface area contributed by atoms with E-state index in [2.05, 4.69) is 38.4 Å². The van der Waals surface area contributed by atoms with Gasteiger partial charge < -0.3 is 14.8 Å². The predicted octanol–water partition coefficient (Wildman–Crippen LogP) is 6.14. The van der Waals surface area contributed by atoms with E-state index >= 15 is 0 Å². The number of urea groups is 1. The Morgan fingerprint density at radius 3 is 2.72 bits per heavy atom. The average molecular weight is 553 g/mol. The number of nitrogens with zero attached hydrogens (tertiary/aromatic N) is 2. The number of aryl methyl sites for hydroxylation is 1. The summed E-state index contributed by atoms with van der Waals surface area (Å²) in [4.78, 5) is 22.8. The fraction of sp³-hybridized carbons (Fsp3) is 0.154. The molecule has 3 aromatic carbocycles. The first-order valence-corrected chi connectivity index (χ1v) is 11.6. The summed E-state index contributed by atoms with van der Waals surface area (Å²) < 4.78 is 12.5. The Morgan fingerprint density at radius 2 is 2.03 bits per heavy atom. The number of amides is 2. The fourth-order valence-corrected chi connectivity index (χ4v) is 3.59. The Balaban J connectivity index is 1.73. The minimum absolute atomic E-state index is 0.00672. The molecule has 3 aromatic rings. The van der Waals surface area contributed by atoms with Gasteiger partial charge in [-0.1, -0.05) is 34.1 Å². The number of halogens is 1. The van der Waals surface area contributed by atoms with Crippen molar-refractivity contribution in [3.05, 3.63) is 104 Å². The highest BCUT2D eigenvalue weighted by atomic mass is 79.9. The highest BCUT2D eigenvalue weighted by Crippen LogP contribution is 2.34. The number of rotatable bonds is 10.